The summed E-state index contributed by atoms with van der Waals surface area (Å²) in [5.41, 5.74) is 0.850. The van der Waals surface area contributed by atoms with Gasteiger partial charge in [-0.25, -0.2) is 4.79 Å². The van der Waals surface area contributed by atoms with Gasteiger partial charge in [-0.15, -0.1) is 0 Å². The molecule has 108 valence electrons. The lowest BCUT2D eigenvalue weighted by Gasteiger charge is -2.06. The molecule has 0 fully saturated rings. The molecule has 0 N–H and O–H groups in total. The van der Waals surface area contributed by atoms with Crippen molar-refractivity contribution in [2.24, 2.45) is 0 Å². The average Bonchev–Trinajstić information content (AvgIpc) is 2.46. The molecular weight excluding hydrogens is 288 g/mol. The minimum Gasteiger partial charge on any atom is -0.463 e. The molecule has 0 aliphatic carbocycles. The fourth-order valence-corrected chi connectivity index (χ4v) is 1.88. The van der Waals surface area contributed by atoms with E-state index < -0.39 is 0 Å². The van der Waals surface area contributed by atoms with Gasteiger partial charge < -0.3 is 9.47 Å². The molecule has 21 heavy (non-hydrogen) atoms. The van der Waals surface area contributed by atoms with E-state index in [9.17, 15) is 4.79 Å². The molecule has 0 atom stereocenters. The number of esters is 1. The van der Waals surface area contributed by atoms with Crippen LogP contribution in [-0.2, 0) is 9.53 Å². The molecule has 0 bridgehead atoms. The van der Waals surface area contributed by atoms with Gasteiger partial charge in [0.15, 0.2) is 0 Å². The van der Waals surface area contributed by atoms with E-state index in [1.807, 2.05) is 36.4 Å². The predicted octanol–water partition coefficient (Wildman–Crippen LogP) is 4.71. The van der Waals surface area contributed by atoms with Crippen molar-refractivity contribution < 1.29 is 14.3 Å². The fourth-order valence-electron chi connectivity index (χ4n) is 1.70. The summed E-state index contributed by atoms with van der Waals surface area (Å²) >= 11 is 5.91. The number of ether oxygens (including phenoxy) is 2. The molecule has 0 spiro atoms. The van der Waals surface area contributed by atoms with Crippen LogP contribution in [0.25, 0.3) is 6.08 Å². The lowest BCUT2D eigenvalue weighted by atomic mass is 10.2. The second kappa shape index (κ2) is 7.50. The molecule has 2 aromatic carbocycles. The Morgan fingerprint density at radius 3 is 2.57 bits per heavy atom. The van der Waals surface area contributed by atoms with Gasteiger partial charge in [0.25, 0.3) is 0 Å². The highest BCUT2D eigenvalue weighted by atomic mass is 35.5. The maximum atomic E-state index is 11.3. The molecule has 0 aromatic heterocycles. The van der Waals surface area contributed by atoms with Crippen molar-refractivity contribution in [2.45, 2.75) is 6.92 Å². The molecule has 0 radical (unpaired) electrons. The number of carbonyl (C=O) groups is 1. The van der Waals surface area contributed by atoms with Crippen LogP contribution in [0.15, 0.2) is 54.6 Å². The van der Waals surface area contributed by atoms with E-state index in [-0.39, 0.29) is 5.97 Å². The number of halogens is 1. The standard InChI is InChI=1S/C17H15ClO3/c1-2-20-17(19)10-9-13-5-3-7-15(11-13)21-16-8-4-6-14(18)12-16/h3-12H,2H2,1H3. The molecule has 4 heteroatoms. The Morgan fingerprint density at radius 2 is 1.86 bits per heavy atom. The molecule has 0 amide bonds. The van der Waals surface area contributed by atoms with Crippen LogP contribution in [0.5, 0.6) is 11.5 Å². The summed E-state index contributed by atoms with van der Waals surface area (Å²) in [4.78, 5) is 11.3. The van der Waals surface area contributed by atoms with Crippen LogP contribution in [0.4, 0.5) is 0 Å². The molecule has 3 nitrogen and oxygen atoms in total. The topological polar surface area (TPSA) is 35.5 Å². The van der Waals surface area contributed by atoms with Crippen LogP contribution < -0.4 is 4.74 Å². The van der Waals surface area contributed by atoms with E-state index in [0.717, 1.165) is 5.56 Å². The minimum atomic E-state index is -0.362. The molecule has 0 heterocycles. The van der Waals surface area contributed by atoms with Gasteiger partial charge in [-0.3, -0.25) is 0 Å². The summed E-state index contributed by atoms with van der Waals surface area (Å²) < 4.78 is 10.6. The summed E-state index contributed by atoms with van der Waals surface area (Å²) in [5, 5.41) is 0.617. The number of carbonyl (C=O) groups excluding carboxylic acids is 1. The quantitative estimate of drug-likeness (QED) is 0.593. The first-order chi connectivity index (χ1) is 10.2. The number of benzene rings is 2. The summed E-state index contributed by atoms with van der Waals surface area (Å²) in [6, 6.07) is 14.6. The summed E-state index contributed by atoms with van der Waals surface area (Å²) in [5.74, 6) is 0.968. The third-order valence-electron chi connectivity index (χ3n) is 2.59. The van der Waals surface area contributed by atoms with Gasteiger partial charge in [-0.2, -0.15) is 0 Å². The van der Waals surface area contributed by atoms with Crippen LogP contribution in [-0.4, -0.2) is 12.6 Å². The first-order valence-electron chi connectivity index (χ1n) is 6.55. The fraction of sp³-hybridized carbons (Fsp3) is 0.118. The maximum Gasteiger partial charge on any atom is 0.330 e. The predicted molar refractivity (Wildman–Crippen MR) is 83.6 cm³/mol. The summed E-state index contributed by atoms with van der Waals surface area (Å²) in [7, 11) is 0. The van der Waals surface area contributed by atoms with Crippen LogP contribution in [0.3, 0.4) is 0 Å². The van der Waals surface area contributed by atoms with Gasteiger partial charge in [-0.05, 0) is 48.9 Å². The van der Waals surface area contributed by atoms with Crippen molar-refractivity contribution in [2.75, 3.05) is 6.61 Å². The third kappa shape index (κ3) is 4.97. The molecule has 2 aromatic rings. The maximum absolute atomic E-state index is 11.3. The van der Waals surface area contributed by atoms with Crippen LogP contribution in [0.2, 0.25) is 5.02 Å². The monoisotopic (exact) mass is 302 g/mol. The lowest BCUT2D eigenvalue weighted by Crippen LogP contribution is -1.98. The molecule has 0 aliphatic rings. The average molecular weight is 303 g/mol. The van der Waals surface area contributed by atoms with E-state index in [1.54, 1.807) is 25.1 Å². The second-order valence-corrected chi connectivity index (χ2v) is 4.65. The molecule has 0 unspecified atom stereocenters. The third-order valence-corrected chi connectivity index (χ3v) is 2.82. The molecule has 2 rings (SSSR count). The Balaban J connectivity index is 2.09. The van der Waals surface area contributed by atoms with Crippen molar-refractivity contribution in [1.29, 1.82) is 0 Å². The SMILES string of the molecule is CCOC(=O)C=Cc1cccc(Oc2cccc(Cl)c2)c1. The van der Waals surface area contributed by atoms with Crippen molar-refractivity contribution in [1.82, 2.24) is 0 Å². The molecule has 0 saturated heterocycles. The summed E-state index contributed by atoms with van der Waals surface area (Å²) in [6.07, 6.45) is 3.07. The van der Waals surface area contributed by atoms with Crippen LogP contribution in [0.1, 0.15) is 12.5 Å². The molecular formula is C17H15ClO3. The zero-order valence-corrected chi connectivity index (χ0v) is 12.3. The van der Waals surface area contributed by atoms with Crippen molar-refractivity contribution >= 4 is 23.6 Å². The Bertz CT molecular complexity index is 650. The van der Waals surface area contributed by atoms with E-state index in [4.69, 9.17) is 21.1 Å². The molecule has 0 saturated carbocycles. The zero-order chi connectivity index (χ0) is 15.1. The van der Waals surface area contributed by atoms with Crippen LogP contribution >= 0.6 is 11.6 Å². The highest BCUT2D eigenvalue weighted by Crippen LogP contribution is 2.25. The van der Waals surface area contributed by atoms with Crippen molar-refractivity contribution in [3.63, 3.8) is 0 Å². The highest BCUT2D eigenvalue weighted by Gasteiger charge is 2.00. The Kier molecular flexibility index (Phi) is 5.41. The molecule has 0 aliphatic heterocycles. The lowest BCUT2D eigenvalue weighted by molar-refractivity contribution is -0.137. The van der Waals surface area contributed by atoms with E-state index in [0.29, 0.717) is 23.1 Å². The van der Waals surface area contributed by atoms with Gasteiger partial charge in [0, 0.05) is 11.1 Å². The van der Waals surface area contributed by atoms with E-state index in [1.165, 1.54) is 6.08 Å². The minimum absolute atomic E-state index is 0.362. The van der Waals surface area contributed by atoms with Gasteiger partial charge in [-0.1, -0.05) is 29.8 Å². The number of hydrogen-bond donors (Lipinski definition) is 0. The summed E-state index contributed by atoms with van der Waals surface area (Å²) in [6.45, 7) is 2.13. The van der Waals surface area contributed by atoms with Gasteiger partial charge in [0.1, 0.15) is 11.5 Å². The largest absolute Gasteiger partial charge is 0.463 e. The van der Waals surface area contributed by atoms with Gasteiger partial charge in [0.05, 0.1) is 6.61 Å². The first kappa shape index (κ1) is 15.1. The van der Waals surface area contributed by atoms with Crippen molar-refractivity contribution in [3.05, 3.63) is 65.2 Å². The van der Waals surface area contributed by atoms with Gasteiger partial charge in [0.2, 0.25) is 0 Å². The smallest absolute Gasteiger partial charge is 0.330 e. The number of rotatable bonds is 5. The first-order valence-corrected chi connectivity index (χ1v) is 6.93. The van der Waals surface area contributed by atoms with Gasteiger partial charge >= 0.3 is 5.97 Å². The van der Waals surface area contributed by atoms with Crippen molar-refractivity contribution in [3.8, 4) is 11.5 Å². The second-order valence-electron chi connectivity index (χ2n) is 4.22. The normalized spacial score (nSPS) is 10.6. The Hall–Kier alpha value is -2.26. The Labute approximate surface area is 128 Å². The van der Waals surface area contributed by atoms with E-state index >= 15 is 0 Å². The van der Waals surface area contributed by atoms with E-state index in [2.05, 4.69) is 0 Å². The van der Waals surface area contributed by atoms with Crippen LogP contribution in [0, 0.1) is 0 Å². The highest BCUT2D eigenvalue weighted by molar-refractivity contribution is 6.30. The Morgan fingerprint density at radius 1 is 1.14 bits per heavy atom. The number of hydrogen-bond acceptors (Lipinski definition) is 3. The zero-order valence-electron chi connectivity index (χ0n) is 11.6.